The van der Waals surface area contributed by atoms with Crippen LogP contribution in [0.25, 0.3) is 5.57 Å². The van der Waals surface area contributed by atoms with Gasteiger partial charge in [0.15, 0.2) is 0 Å². The molecule has 0 saturated heterocycles. The summed E-state index contributed by atoms with van der Waals surface area (Å²) in [6, 6.07) is 29.8. The first-order valence-corrected chi connectivity index (χ1v) is 11.0. The number of rotatable bonds is 6. The zero-order valence-electron chi connectivity index (χ0n) is 19.3. The Morgan fingerprint density at radius 2 is 0.906 bits per heavy atom. The van der Waals surface area contributed by atoms with Gasteiger partial charge in [-0.25, -0.2) is 0 Å². The lowest BCUT2D eigenvalue weighted by molar-refractivity contribution is 1.37. The molecule has 2 N–H and O–H groups in total. The van der Waals surface area contributed by atoms with Crippen molar-refractivity contribution in [3.05, 3.63) is 125 Å². The Morgan fingerprint density at radius 1 is 0.531 bits per heavy atom. The molecule has 0 aliphatic heterocycles. The van der Waals surface area contributed by atoms with Gasteiger partial charge in [-0.05, 0) is 91.9 Å². The third kappa shape index (κ3) is 4.92. The predicted molar refractivity (Wildman–Crippen MR) is 139 cm³/mol. The third-order valence-electron chi connectivity index (χ3n) is 5.79. The molecule has 0 unspecified atom stereocenters. The molecule has 4 aromatic carbocycles. The molecule has 32 heavy (non-hydrogen) atoms. The highest BCUT2D eigenvalue weighted by Gasteiger charge is 2.05. The molecule has 0 atom stereocenters. The summed E-state index contributed by atoms with van der Waals surface area (Å²) < 4.78 is 0. The molecule has 0 bridgehead atoms. The van der Waals surface area contributed by atoms with Crippen LogP contribution in [0.4, 0.5) is 22.7 Å². The van der Waals surface area contributed by atoms with Crippen LogP contribution < -0.4 is 10.6 Å². The maximum Gasteiger partial charge on any atom is 0.0414 e. The molecule has 160 valence electrons. The van der Waals surface area contributed by atoms with Gasteiger partial charge in [0, 0.05) is 22.7 Å². The molecular weight excluding hydrogens is 388 g/mol. The first-order valence-electron chi connectivity index (χ1n) is 11.0. The molecule has 0 aromatic heterocycles. The van der Waals surface area contributed by atoms with Crippen LogP contribution in [0.15, 0.2) is 91.5 Å². The summed E-state index contributed by atoms with van der Waals surface area (Å²) in [6.07, 6.45) is 0. The van der Waals surface area contributed by atoms with Gasteiger partial charge in [-0.2, -0.15) is 0 Å². The van der Waals surface area contributed by atoms with Gasteiger partial charge in [0.25, 0.3) is 0 Å². The Bertz CT molecular complexity index is 1150. The van der Waals surface area contributed by atoms with Gasteiger partial charge in [-0.1, -0.05) is 66.2 Å². The average Bonchev–Trinajstić information content (AvgIpc) is 2.78. The van der Waals surface area contributed by atoms with Crippen molar-refractivity contribution in [2.45, 2.75) is 27.7 Å². The van der Waals surface area contributed by atoms with Gasteiger partial charge in [-0.3, -0.25) is 0 Å². The van der Waals surface area contributed by atoms with E-state index in [1.807, 2.05) is 0 Å². The quantitative estimate of drug-likeness (QED) is 0.328. The van der Waals surface area contributed by atoms with Gasteiger partial charge >= 0.3 is 0 Å². The Hall–Kier alpha value is -3.78. The zero-order valence-corrected chi connectivity index (χ0v) is 19.3. The molecular formula is C30H30N2. The van der Waals surface area contributed by atoms with Crippen molar-refractivity contribution in [1.29, 1.82) is 0 Å². The average molecular weight is 419 g/mol. The van der Waals surface area contributed by atoms with Gasteiger partial charge in [0.1, 0.15) is 0 Å². The van der Waals surface area contributed by atoms with Crippen molar-refractivity contribution in [2.75, 3.05) is 10.6 Å². The van der Waals surface area contributed by atoms with E-state index in [0.29, 0.717) is 0 Å². The third-order valence-corrected chi connectivity index (χ3v) is 5.79. The number of benzene rings is 4. The second-order valence-corrected chi connectivity index (χ2v) is 8.52. The molecule has 4 rings (SSSR count). The van der Waals surface area contributed by atoms with E-state index in [0.717, 1.165) is 39.4 Å². The zero-order chi connectivity index (χ0) is 22.7. The van der Waals surface area contributed by atoms with Crippen molar-refractivity contribution in [1.82, 2.24) is 0 Å². The van der Waals surface area contributed by atoms with Crippen molar-refractivity contribution in [3.8, 4) is 0 Å². The predicted octanol–water partition coefficient (Wildman–Crippen LogP) is 8.47. The molecule has 4 aromatic rings. The van der Waals surface area contributed by atoms with Gasteiger partial charge in [0.05, 0.1) is 0 Å². The SMILES string of the molecule is C=C(c1ccc(Nc2ccc(C)cc2C)cc1)c1ccc(Nc2ccc(C)cc2C)cc1. The van der Waals surface area contributed by atoms with Crippen LogP contribution in [-0.2, 0) is 0 Å². The highest BCUT2D eigenvalue weighted by Crippen LogP contribution is 2.28. The first-order chi connectivity index (χ1) is 15.4. The number of nitrogens with one attached hydrogen (secondary N) is 2. The minimum atomic E-state index is 1.01. The van der Waals surface area contributed by atoms with E-state index < -0.39 is 0 Å². The van der Waals surface area contributed by atoms with Crippen molar-refractivity contribution < 1.29 is 0 Å². The van der Waals surface area contributed by atoms with E-state index in [9.17, 15) is 0 Å². The van der Waals surface area contributed by atoms with Gasteiger partial charge in [-0.15, -0.1) is 0 Å². The molecule has 0 spiro atoms. The minimum Gasteiger partial charge on any atom is -0.355 e. The maximum absolute atomic E-state index is 4.33. The first kappa shape index (κ1) is 21.5. The summed E-state index contributed by atoms with van der Waals surface area (Å²) in [6.45, 7) is 12.8. The minimum absolute atomic E-state index is 1.01. The van der Waals surface area contributed by atoms with E-state index in [2.05, 4.69) is 130 Å². The molecule has 0 radical (unpaired) electrons. The smallest absolute Gasteiger partial charge is 0.0414 e. The van der Waals surface area contributed by atoms with Crippen LogP contribution in [0, 0.1) is 27.7 Å². The van der Waals surface area contributed by atoms with Crippen LogP contribution in [-0.4, -0.2) is 0 Å². The van der Waals surface area contributed by atoms with E-state index in [1.54, 1.807) is 0 Å². The molecule has 0 saturated carbocycles. The molecule has 2 nitrogen and oxygen atoms in total. The van der Waals surface area contributed by atoms with Crippen LogP contribution >= 0.6 is 0 Å². The van der Waals surface area contributed by atoms with E-state index >= 15 is 0 Å². The summed E-state index contributed by atoms with van der Waals surface area (Å²) >= 11 is 0. The fourth-order valence-corrected chi connectivity index (χ4v) is 3.89. The number of hydrogen-bond acceptors (Lipinski definition) is 2. The van der Waals surface area contributed by atoms with Crippen LogP contribution in [0.5, 0.6) is 0 Å². The van der Waals surface area contributed by atoms with Crippen LogP contribution in [0.1, 0.15) is 33.4 Å². The summed E-state index contributed by atoms with van der Waals surface area (Å²) in [7, 11) is 0. The van der Waals surface area contributed by atoms with Crippen LogP contribution in [0.2, 0.25) is 0 Å². The van der Waals surface area contributed by atoms with Crippen molar-refractivity contribution in [2.24, 2.45) is 0 Å². The largest absolute Gasteiger partial charge is 0.355 e. The second-order valence-electron chi connectivity index (χ2n) is 8.52. The highest BCUT2D eigenvalue weighted by atomic mass is 14.9. The Morgan fingerprint density at radius 3 is 1.25 bits per heavy atom. The lowest BCUT2D eigenvalue weighted by Gasteiger charge is -2.13. The maximum atomic E-state index is 4.33. The fraction of sp³-hybridized carbons (Fsp3) is 0.133. The Labute approximate surface area is 191 Å². The normalized spacial score (nSPS) is 10.6. The molecule has 2 heteroatoms. The summed E-state index contributed by atoms with van der Waals surface area (Å²) in [5, 5.41) is 7.01. The number of aryl methyl sites for hydroxylation is 4. The van der Waals surface area contributed by atoms with Crippen LogP contribution in [0.3, 0.4) is 0 Å². The second kappa shape index (κ2) is 9.15. The Kier molecular flexibility index (Phi) is 6.13. The summed E-state index contributed by atoms with van der Waals surface area (Å²) in [4.78, 5) is 0. The van der Waals surface area contributed by atoms with Gasteiger partial charge < -0.3 is 10.6 Å². The van der Waals surface area contributed by atoms with E-state index in [4.69, 9.17) is 0 Å². The van der Waals surface area contributed by atoms with E-state index in [1.165, 1.54) is 22.3 Å². The van der Waals surface area contributed by atoms with E-state index in [-0.39, 0.29) is 0 Å². The lowest BCUT2D eigenvalue weighted by Crippen LogP contribution is -1.95. The highest BCUT2D eigenvalue weighted by molar-refractivity contribution is 5.80. The molecule has 0 heterocycles. The summed E-state index contributed by atoms with van der Waals surface area (Å²) in [5.41, 5.74) is 12.7. The standard InChI is InChI=1S/C30H30N2/c1-20-6-16-29(22(3)18-20)31-27-12-8-25(9-13-27)24(5)26-10-14-28(15-11-26)32-30-17-7-21(2)19-23(30)4/h6-19,31-32H,5H2,1-4H3. The fourth-order valence-electron chi connectivity index (χ4n) is 3.89. The monoisotopic (exact) mass is 418 g/mol. The number of anilines is 4. The molecule has 0 amide bonds. The Balaban J connectivity index is 1.44. The molecule has 0 fully saturated rings. The van der Waals surface area contributed by atoms with Crippen molar-refractivity contribution in [3.63, 3.8) is 0 Å². The van der Waals surface area contributed by atoms with Crippen molar-refractivity contribution >= 4 is 28.3 Å². The topological polar surface area (TPSA) is 24.1 Å². The molecule has 0 aliphatic carbocycles. The number of hydrogen-bond donors (Lipinski definition) is 2. The van der Waals surface area contributed by atoms with Gasteiger partial charge in [0.2, 0.25) is 0 Å². The molecule has 0 aliphatic rings. The lowest BCUT2D eigenvalue weighted by atomic mass is 9.99. The summed E-state index contributed by atoms with van der Waals surface area (Å²) in [5.74, 6) is 0.